The van der Waals surface area contributed by atoms with Gasteiger partial charge in [0.15, 0.2) is 0 Å². The smallest absolute Gasteiger partial charge is 0.229 e. The van der Waals surface area contributed by atoms with E-state index < -0.39 is 0 Å². The van der Waals surface area contributed by atoms with Gasteiger partial charge < -0.3 is 5.73 Å². The van der Waals surface area contributed by atoms with Gasteiger partial charge in [-0.05, 0) is 12.8 Å². The van der Waals surface area contributed by atoms with Crippen LogP contribution >= 0.6 is 11.3 Å². The second-order valence-electron chi connectivity index (χ2n) is 4.64. The van der Waals surface area contributed by atoms with Gasteiger partial charge in [0.25, 0.3) is 0 Å². The topological polar surface area (TPSA) is 80.4 Å². The van der Waals surface area contributed by atoms with Crippen LogP contribution in [0.5, 0.6) is 0 Å². The number of nitrogens with two attached hydrogens (primary N) is 1. The highest BCUT2D eigenvalue weighted by Gasteiger charge is 2.29. The maximum Gasteiger partial charge on any atom is 0.229 e. The summed E-state index contributed by atoms with van der Waals surface area (Å²) in [6.45, 7) is 0. The largest absolute Gasteiger partial charge is 0.369 e. The fourth-order valence-electron chi connectivity index (χ4n) is 1.76. The molecular weight excluding hydrogens is 272 g/mol. The number of benzene rings is 1. The molecule has 1 aliphatic carbocycles. The molecule has 1 fully saturated rings. The summed E-state index contributed by atoms with van der Waals surface area (Å²) in [6.07, 6.45) is 1.88. The van der Waals surface area contributed by atoms with Crippen molar-refractivity contribution in [1.82, 2.24) is 10.3 Å². The Bertz CT molecular complexity index is 646. The minimum Gasteiger partial charge on any atom is -0.369 e. The third-order valence-corrected chi connectivity index (χ3v) is 3.71. The summed E-state index contributed by atoms with van der Waals surface area (Å²) in [5.41, 5.74) is 7.60. The van der Waals surface area contributed by atoms with Crippen molar-refractivity contribution in [2.75, 3.05) is 0 Å². The first-order valence-corrected chi connectivity index (χ1v) is 7.26. The van der Waals surface area contributed by atoms with E-state index in [1.165, 1.54) is 11.3 Å². The Labute approximate surface area is 120 Å². The SMILES string of the molecule is NC(=Nc1nc(-c2ccccc2)cs1)NC(=O)C1CC1. The van der Waals surface area contributed by atoms with Gasteiger partial charge in [-0.25, -0.2) is 4.98 Å². The molecule has 6 heteroatoms. The zero-order valence-electron chi connectivity index (χ0n) is 10.7. The maximum absolute atomic E-state index is 11.5. The van der Waals surface area contributed by atoms with E-state index in [-0.39, 0.29) is 17.8 Å². The minimum atomic E-state index is -0.0499. The van der Waals surface area contributed by atoms with Crippen LogP contribution in [0.2, 0.25) is 0 Å². The van der Waals surface area contributed by atoms with Crippen molar-refractivity contribution >= 4 is 28.3 Å². The summed E-state index contributed by atoms with van der Waals surface area (Å²) in [5, 5.41) is 5.05. The molecule has 1 heterocycles. The van der Waals surface area contributed by atoms with E-state index in [1.54, 1.807) is 0 Å². The van der Waals surface area contributed by atoms with Crippen molar-refractivity contribution in [2.24, 2.45) is 16.6 Å². The Balaban J connectivity index is 1.71. The Kier molecular flexibility index (Phi) is 3.47. The molecule has 20 heavy (non-hydrogen) atoms. The van der Waals surface area contributed by atoms with Crippen LogP contribution in [0.25, 0.3) is 11.3 Å². The van der Waals surface area contributed by atoms with E-state index in [2.05, 4.69) is 15.3 Å². The molecule has 0 radical (unpaired) electrons. The Morgan fingerprint density at radius 3 is 2.80 bits per heavy atom. The second kappa shape index (κ2) is 5.42. The van der Waals surface area contributed by atoms with Crippen LogP contribution in [0, 0.1) is 5.92 Å². The van der Waals surface area contributed by atoms with Crippen LogP contribution in [0.4, 0.5) is 5.13 Å². The van der Waals surface area contributed by atoms with Crippen molar-refractivity contribution in [1.29, 1.82) is 0 Å². The van der Waals surface area contributed by atoms with Crippen molar-refractivity contribution in [3.63, 3.8) is 0 Å². The van der Waals surface area contributed by atoms with E-state index in [4.69, 9.17) is 5.73 Å². The van der Waals surface area contributed by atoms with E-state index in [0.717, 1.165) is 24.1 Å². The summed E-state index contributed by atoms with van der Waals surface area (Å²) in [5.74, 6) is 0.168. The molecule has 0 aliphatic heterocycles. The molecule has 2 aromatic rings. The molecule has 1 aliphatic rings. The molecule has 1 amide bonds. The van der Waals surface area contributed by atoms with Crippen LogP contribution in [0.1, 0.15) is 12.8 Å². The van der Waals surface area contributed by atoms with E-state index in [0.29, 0.717) is 5.13 Å². The van der Waals surface area contributed by atoms with Gasteiger partial charge in [0.2, 0.25) is 17.0 Å². The van der Waals surface area contributed by atoms with E-state index in [9.17, 15) is 4.79 Å². The molecule has 0 atom stereocenters. The quantitative estimate of drug-likeness (QED) is 0.671. The normalized spacial score (nSPS) is 15.1. The summed E-state index contributed by atoms with van der Waals surface area (Å²) in [6, 6.07) is 9.85. The lowest BCUT2D eigenvalue weighted by Gasteiger charge is -2.00. The first kappa shape index (κ1) is 12.8. The zero-order chi connectivity index (χ0) is 13.9. The Morgan fingerprint density at radius 1 is 1.35 bits per heavy atom. The molecule has 0 unspecified atom stereocenters. The highest BCUT2D eigenvalue weighted by molar-refractivity contribution is 7.13. The van der Waals surface area contributed by atoms with Crippen molar-refractivity contribution in [3.8, 4) is 11.3 Å². The number of hydrogen-bond donors (Lipinski definition) is 2. The lowest BCUT2D eigenvalue weighted by molar-refractivity contribution is -0.120. The van der Waals surface area contributed by atoms with Crippen LogP contribution in [0.3, 0.4) is 0 Å². The number of nitrogens with zero attached hydrogens (tertiary/aromatic N) is 2. The molecule has 3 N–H and O–H groups in total. The monoisotopic (exact) mass is 286 g/mol. The van der Waals surface area contributed by atoms with Gasteiger partial charge in [-0.1, -0.05) is 30.3 Å². The summed E-state index contributed by atoms with van der Waals surface area (Å²) < 4.78 is 0. The number of aliphatic imine (C=N–C) groups is 1. The second-order valence-corrected chi connectivity index (χ2v) is 5.48. The number of rotatable bonds is 3. The molecule has 0 saturated heterocycles. The molecule has 0 bridgehead atoms. The van der Waals surface area contributed by atoms with Gasteiger partial charge in [-0.15, -0.1) is 11.3 Å². The first-order chi connectivity index (χ1) is 9.72. The van der Waals surface area contributed by atoms with Crippen molar-refractivity contribution in [2.45, 2.75) is 12.8 Å². The number of hydrogen-bond acceptors (Lipinski definition) is 4. The lowest BCUT2D eigenvalue weighted by atomic mass is 10.2. The Hall–Kier alpha value is -2.21. The van der Waals surface area contributed by atoms with Gasteiger partial charge in [0.05, 0.1) is 5.69 Å². The van der Waals surface area contributed by atoms with Crippen molar-refractivity contribution in [3.05, 3.63) is 35.7 Å². The van der Waals surface area contributed by atoms with Crippen LogP contribution < -0.4 is 11.1 Å². The number of thiazole rings is 1. The minimum absolute atomic E-state index is 0.0499. The average molecular weight is 286 g/mol. The third kappa shape index (κ3) is 3.03. The number of aromatic nitrogens is 1. The van der Waals surface area contributed by atoms with Crippen LogP contribution in [0.15, 0.2) is 40.7 Å². The third-order valence-electron chi connectivity index (χ3n) is 2.98. The molecule has 3 rings (SSSR count). The van der Waals surface area contributed by atoms with Crippen molar-refractivity contribution < 1.29 is 4.79 Å². The predicted molar refractivity (Wildman–Crippen MR) is 79.7 cm³/mol. The first-order valence-electron chi connectivity index (χ1n) is 6.38. The molecule has 1 aromatic heterocycles. The fourth-order valence-corrected chi connectivity index (χ4v) is 2.47. The van der Waals surface area contributed by atoms with E-state index >= 15 is 0 Å². The molecule has 102 valence electrons. The number of amides is 1. The fraction of sp³-hybridized carbons (Fsp3) is 0.214. The van der Waals surface area contributed by atoms with Gasteiger partial charge >= 0.3 is 0 Å². The van der Waals surface area contributed by atoms with Crippen LogP contribution in [-0.4, -0.2) is 16.9 Å². The standard InChI is InChI=1S/C14H14N4OS/c15-13(17-12(19)10-6-7-10)18-14-16-11(8-20-14)9-4-2-1-3-5-9/h1-5,8,10H,6-7H2,(H3,15,16,17,18,19). The van der Waals surface area contributed by atoms with Gasteiger partial charge in [-0.2, -0.15) is 4.99 Å². The number of nitrogens with one attached hydrogen (secondary N) is 1. The van der Waals surface area contributed by atoms with E-state index in [1.807, 2.05) is 35.7 Å². The predicted octanol–water partition coefficient (Wildman–Crippen LogP) is 2.28. The average Bonchev–Trinajstić information content (AvgIpc) is 3.21. The summed E-state index contributed by atoms with van der Waals surface area (Å²) in [7, 11) is 0. The van der Waals surface area contributed by atoms with Gasteiger partial charge in [-0.3, -0.25) is 10.1 Å². The Morgan fingerprint density at radius 2 is 2.10 bits per heavy atom. The highest BCUT2D eigenvalue weighted by atomic mass is 32.1. The number of guanidine groups is 1. The van der Waals surface area contributed by atoms with Gasteiger partial charge in [0.1, 0.15) is 0 Å². The summed E-state index contributed by atoms with van der Waals surface area (Å²) >= 11 is 1.39. The maximum atomic E-state index is 11.5. The number of carbonyl (C=O) groups is 1. The molecule has 1 aromatic carbocycles. The van der Waals surface area contributed by atoms with Gasteiger partial charge in [0, 0.05) is 16.9 Å². The van der Waals surface area contributed by atoms with Crippen LogP contribution in [-0.2, 0) is 4.79 Å². The zero-order valence-corrected chi connectivity index (χ0v) is 11.6. The molecule has 0 spiro atoms. The lowest BCUT2D eigenvalue weighted by Crippen LogP contribution is -2.37. The molecule has 5 nitrogen and oxygen atoms in total. The molecular formula is C14H14N4OS. The number of carbonyl (C=O) groups excluding carboxylic acids is 1. The highest BCUT2D eigenvalue weighted by Crippen LogP contribution is 2.29. The summed E-state index contributed by atoms with van der Waals surface area (Å²) in [4.78, 5) is 20.1. The molecule has 1 saturated carbocycles.